The first kappa shape index (κ1) is 13.5. The minimum Gasteiger partial charge on any atom is -0.486 e. The van der Waals surface area contributed by atoms with Gasteiger partial charge in [0.15, 0.2) is 11.5 Å². The van der Waals surface area contributed by atoms with Gasteiger partial charge in [-0.15, -0.1) is 11.8 Å². The van der Waals surface area contributed by atoms with E-state index in [1.165, 1.54) is 10.5 Å². The van der Waals surface area contributed by atoms with Crippen LogP contribution < -0.4 is 14.8 Å². The highest BCUT2D eigenvalue weighted by atomic mass is 32.2. The van der Waals surface area contributed by atoms with Crippen LogP contribution in [0.5, 0.6) is 11.5 Å². The van der Waals surface area contributed by atoms with Gasteiger partial charge in [0.2, 0.25) is 0 Å². The average molecular weight is 269 g/mol. The Kier molecular flexibility index (Phi) is 4.74. The summed E-state index contributed by atoms with van der Waals surface area (Å²) in [4.78, 5) is 1.18. The Morgan fingerprint density at radius 2 is 2.00 bits per heavy atom. The number of fused-ring (bicyclic) bond motifs is 1. The molecule has 1 aliphatic rings. The van der Waals surface area contributed by atoms with E-state index < -0.39 is 0 Å². The molecule has 1 aromatic rings. The zero-order valence-corrected chi connectivity index (χ0v) is 11.5. The first-order valence-corrected chi connectivity index (χ1v) is 7.28. The average Bonchev–Trinajstić information content (AvgIpc) is 2.43. The van der Waals surface area contributed by atoms with Gasteiger partial charge in [-0.2, -0.15) is 0 Å². The lowest BCUT2D eigenvalue weighted by atomic mass is 10.1. The predicted octanol–water partition coefficient (Wildman–Crippen LogP) is 1.65. The lowest BCUT2D eigenvalue weighted by Crippen LogP contribution is -2.29. The molecule has 0 bridgehead atoms. The fraction of sp³-hybridized carbons (Fsp3) is 0.538. The van der Waals surface area contributed by atoms with Crippen molar-refractivity contribution in [3.05, 3.63) is 17.7 Å². The van der Waals surface area contributed by atoms with Crippen LogP contribution in [0.3, 0.4) is 0 Å². The van der Waals surface area contributed by atoms with Crippen molar-refractivity contribution in [1.29, 1.82) is 0 Å². The van der Waals surface area contributed by atoms with Crippen molar-refractivity contribution in [2.75, 3.05) is 26.1 Å². The smallest absolute Gasteiger partial charge is 0.162 e. The summed E-state index contributed by atoms with van der Waals surface area (Å²) in [6.45, 7) is 4.02. The maximum absolute atomic E-state index is 9.02. The largest absolute Gasteiger partial charge is 0.486 e. The van der Waals surface area contributed by atoms with Crippen LogP contribution in [0.25, 0.3) is 0 Å². The van der Waals surface area contributed by atoms with Gasteiger partial charge in [0.25, 0.3) is 0 Å². The van der Waals surface area contributed by atoms with Gasteiger partial charge in [-0.1, -0.05) is 0 Å². The van der Waals surface area contributed by atoms with Crippen molar-refractivity contribution in [2.45, 2.75) is 24.4 Å². The molecule has 4 nitrogen and oxygen atoms in total. The van der Waals surface area contributed by atoms with Crippen LogP contribution in [-0.4, -0.2) is 37.2 Å². The molecule has 2 N–H and O–H groups in total. The maximum atomic E-state index is 9.02. The van der Waals surface area contributed by atoms with Crippen LogP contribution in [0.1, 0.15) is 12.5 Å². The Balaban J connectivity index is 2.17. The van der Waals surface area contributed by atoms with Gasteiger partial charge >= 0.3 is 0 Å². The van der Waals surface area contributed by atoms with Crippen LogP contribution >= 0.6 is 11.8 Å². The van der Waals surface area contributed by atoms with Crippen LogP contribution in [0.15, 0.2) is 17.0 Å². The van der Waals surface area contributed by atoms with E-state index in [1.807, 2.05) is 25.3 Å². The summed E-state index contributed by atoms with van der Waals surface area (Å²) in [5.74, 6) is 1.64. The molecule has 1 aromatic carbocycles. The van der Waals surface area contributed by atoms with E-state index in [-0.39, 0.29) is 12.6 Å². The minimum atomic E-state index is 0.0907. The van der Waals surface area contributed by atoms with Crippen molar-refractivity contribution < 1.29 is 14.6 Å². The summed E-state index contributed by atoms with van der Waals surface area (Å²) in [5, 5.41) is 12.3. The lowest BCUT2D eigenvalue weighted by molar-refractivity contribution is 0.170. The van der Waals surface area contributed by atoms with Gasteiger partial charge in [-0.25, -0.2) is 0 Å². The number of rotatable bonds is 5. The number of ether oxygens (including phenoxy) is 2. The number of aliphatic hydroxyl groups excluding tert-OH is 1. The number of hydrogen-bond acceptors (Lipinski definition) is 5. The van der Waals surface area contributed by atoms with Gasteiger partial charge in [0.05, 0.1) is 6.61 Å². The highest BCUT2D eigenvalue weighted by Crippen LogP contribution is 2.36. The molecule has 100 valence electrons. The Hall–Kier alpha value is -0.910. The fourth-order valence-electron chi connectivity index (χ4n) is 1.79. The molecule has 1 heterocycles. The molecular formula is C13H19NO3S. The maximum Gasteiger partial charge on any atom is 0.162 e. The summed E-state index contributed by atoms with van der Waals surface area (Å²) in [6, 6.07) is 4.14. The minimum absolute atomic E-state index is 0.0907. The third kappa shape index (κ3) is 3.10. The molecule has 5 heteroatoms. The van der Waals surface area contributed by atoms with E-state index in [1.54, 1.807) is 11.8 Å². The summed E-state index contributed by atoms with van der Waals surface area (Å²) >= 11 is 1.69. The Morgan fingerprint density at radius 1 is 1.33 bits per heavy atom. The molecule has 0 amide bonds. The molecule has 18 heavy (non-hydrogen) atoms. The van der Waals surface area contributed by atoms with Gasteiger partial charge in [0, 0.05) is 17.5 Å². The lowest BCUT2D eigenvalue weighted by Gasteiger charge is -2.21. The van der Waals surface area contributed by atoms with E-state index in [4.69, 9.17) is 14.6 Å². The molecule has 0 saturated heterocycles. The number of benzene rings is 1. The Labute approximate surface area is 112 Å². The van der Waals surface area contributed by atoms with Gasteiger partial charge in [0.1, 0.15) is 13.2 Å². The SMILES string of the molecule is CSc1cc2c(cc1CNC(C)CO)OCCO2. The second-order valence-corrected chi connectivity index (χ2v) is 5.12. The Bertz CT molecular complexity index is 411. The highest BCUT2D eigenvalue weighted by Gasteiger charge is 2.15. The van der Waals surface area contributed by atoms with Crippen molar-refractivity contribution >= 4 is 11.8 Å². The van der Waals surface area contributed by atoms with E-state index in [9.17, 15) is 0 Å². The first-order valence-electron chi connectivity index (χ1n) is 6.05. The number of thioether (sulfide) groups is 1. The fourth-order valence-corrected chi connectivity index (χ4v) is 2.41. The monoisotopic (exact) mass is 269 g/mol. The predicted molar refractivity (Wildman–Crippen MR) is 72.6 cm³/mol. The summed E-state index contributed by atoms with van der Waals surface area (Å²) < 4.78 is 11.2. The third-order valence-electron chi connectivity index (χ3n) is 2.86. The van der Waals surface area contributed by atoms with Gasteiger partial charge < -0.3 is 19.9 Å². The van der Waals surface area contributed by atoms with Crippen molar-refractivity contribution in [3.8, 4) is 11.5 Å². The third-order valence-corrected chi connectivity index (χ3v) is 3.68. The second kappa shape index (κ2) is 6.31. The molecule has 1 atom stereocenters. The number of nitrogens with one attached hydrogen (secondary N) is 1. The molecule has 0 aromatic heterocycles. The van der Waals surface area contributed by atoms with Crippen LogP contribution in [-0.2, 0) is 6.54 Å². The molecule has 2 rings (SSSR count). The summed E-state index contributed by atoms with van der Waals surface area (Å²) in [6.07, 6.45) is 2.05. The van der Waals surface area contributed by atoms with E-state index in [0.717, 1.165) is 11.5 Å². The zero-order valence-electron chi connectivity index (χ0n) is 10.7. The van der Waals surface area contributed by atoms with Crippen LogP contribution in [0.4, 0.5) is 0 Å². The molecule has 0 fully saturated rings. The molecule has 0 spiro atoms. The number of hydrogen-bond donors (Lipinski definition) is 2. The standard InChI is InChI=1S/C13H19NO3S/c1-9(8-15)14-7-10-5-11-12(6-13(10)18-2)17-4-3-16-11/h5-6,9,14-15H,3-4,7-8H2,1-2H3. The topological polar surface area (TPSA) is 50.7 Å². The van der Waals surface area contributed by atoms with Crippen LogP contribution in [0.2, 0.25) is 0 Å². The van der Waals surface area contributed by atoms with E-state index >= 15 is 0 Å². The van der Waals surface area contributed by atoms with Crippen molar-refractivity contribution in [2.24, 2.45) is 0 Å². The van der Waals surface area contributed by atoms with Crippen molar-refractivity contribution in [1.82, 2.24) is 5.32 Å². The Morgan fingerprint density at radius 3 is 2.61 bits per heavy atom. The van der Waals surface area contributed by atoms with Gasteiger partial charge in [-0.05, 0) is 30.9 Å². The van der Waals surface area contributed by atoms with E-state index in [2.05, 4.69) is 5.32 Å². The summed E-state index contributed by atoms with van der Waals surface area (Å²) in [5.41, 5.74) is 1.17. The van der Waals surface area contributed by atoms with Gasteiger partial charge in [-0.3, -0.25) is 0 Å². The molecule has 1 unspecified atom stereocenters. The first-order chi connectivity index (χ1) is 8.74. The second-order valence-electron chi connectivity index (χ2n) is 4.27. The molecule has 0 radical (unpaired) electrons. The van der Waals surface area contributed by atoms with Crippen LogP contribution in [0, 0.1) is 0 Å². The van der Waals surface area contributed by atoms with Crippen molar-refractivity contribution in [3.63, 3.8) is 0 Å². The summed E-state index contributed by atoms with van der Waals surface area (Å²) in [7, 11) is 0. The quantitative estimate of drug-likeness (QED) is 0.796. The molecule has 0 saturated carbocycles. The van der Waals surface area contributed by atoms with E-state index in [0.29, 0.717) is 19.8 Å². The normalized spacial score (nSPS) is 15.5. The zero-order chi connectivity index (χ0) is 13.0. The molecule has 1 aliphatic heterocycles. The number of aliphatic hydroxyl groups is 1. The molecule has 0 aliphatic carbocycles. The highest BCUT2D eigenvalue weighted by molar-refractivity contribution is 7.98. The molecular weight excluding hydrogens is 250 g/mol.